The summed E-state index contributed by atoms with van der Waals surface area (Å²) < 4.78 is 1.85. The summed E-state index contributed by atoms with van der Waals surface area (Å²) in [5, 5.41) is 7.75. The normalized spacial score (nSPS) is 12.7. The number of hydrogen-bond donors (Lipinski definition) is 1. The molecule has 0 spiro atoms. The minimum atomic E-state index is 0.127. The minimum Gasteiger partial charge on any atom is -0.309 e. The van der Waals surface area contributed by atoms with Gasteiger partial charge in [-0.2, -0.15) is 5.10 Å². The molecule has 0 aliphatic heterocycles. The average molecular weight is 266 g/mol. The molecule has 0 saturated carbocycles. The van der Waals surface area contributed by atoms with E-state index < -0.39 is 0 Å². The Kier molecular flexibility index (Phi) is 3.48. The third-order valence-corrected chi connectivity index (χ3v) is 3.68. The first-order valence-electron chi connectivity index (χ1n) is 6.87. The van der Waals surface area contributed by atoms with Gasteiger partial charge < -0.3 is 5.32 Å². The molecule has 1 N–H and O–H groups in total. The minimum absolute atomic E-state index is 0.127. The van der Waals surface area contributed by atoms with Gasteiger partial charge in [-0.3, -0.25) is 4.98 Å². The van der Waals surface area contributed by atoms with Crippen LogP contribution in [0.1, 0.15) is 29.7 Å². The topological polar surface area (TPSA) is 42.2 Å². The molecule has 0 fully saturated rings. The molecular formula is C16H18N4. The fourth-order valence-corrected chi connectivity index (χ4v) is 2.52. The molecule has 20 heavy (non-hydrogen) atoms. The molecule has 2 heterocycles. The molecule has 4 nitrogen and oxygen atoms in total. The Bertz CT molecular complexity index is 700. The van der Waals surface area contributed by atoms with Crippen molar-refractivity contribution in [2.45, 2.75) is 19.4 Å². The van der Waals surface area contributed by atoms with Gasteiger partial charge in [0.15, 0.2) is 0 Å². The van der Waals surface area contributed by atoms with Gasteiger partial charge >= 0.3 is 0 Å². The van der Waals surface area contributed by atoms with E-state index in [0.29, 0.717) is 0 Å². The van der Waals surface area contributed by atoms with Crippen molar-refractivity contribution in [1.29, 1.82) is 0 Å². The van der Waals surface area contributed by atoms with Gasteiger partial charge in [-0.15, -0.1) is 0 Å². The van der Waals surface area contributed by atoms with E-state index in [1.165, 1.54) is 11.1 Å². The molecule has 0 radical (unpaired) electrons. The highest BCUT2D eigenvalue weighted by Gasteiger charge is 2.16. The molecule has 1 aromatic carbocycles. The highest BCUT2D eigenvalue weighted by Crippen LogP contribution is 2.25. The lowest BCUT2D eigenvalue weighted by atomic mass is 9.99. The van der Waals surface area contributed by atoms with Crippen LogP contribution in [0, 0.1) is 0 Å². The van der Waals surface area contributed by atoms with E-state index in [2.05, 4.69) is 46.6 Å². The van der Waals surface area contributed by atoms with E-state index in [1.807, 2.05) is 30.2 Å². The zero-order valence-electron chi connectivity index (χ0n) is 11.7. The van der Waals surface area contributed by atoms with Crippen molar-refractivity contribution in [3.05, 3.63) is 65.7 Å². The first kappa shape index (κ1) is 12.8. The van der Waals surface area contributed by atoms with Crippen LogP contribution in [0.4, 0.5) is 0 Å². The van der Waals surface area contributed by atoms with Crippen LogP contribution >= 0.6 is 0 Å². The third-order valence-electron chi connectivity index (χ3n) is 3.68. The third kappa shape index (κ3) is 2.18. The van der Waals surface area contributed by atoms with Crippen LogP contribution in [0.3, 0.4) is 0 Å². The fourth-order valence-electron chi connectivity index (χ4n) is 2.52. The fraction of sp³-hybridized carbons (Fsp3) is 0.250. The second-order valence-corrected chi connectivity index (χ2v) is 4.82. The molecule has 1 unspecified atom stereocenters. The maximum absolute atomic E-state index is 4.38. The molecule has 2 aromatic heterocycles. The van der Waals surface area contributed by atoms with Gasteiger partial charge in [0, 0.05) is 18.0 Å². The summed E-state index contributed by atoms with van der Waals surface area (Å²) in [5.74, 6) is 0. The monoisotopic (exact) mass is 266 g/mol. The number of rotatable bonds is 4. The lowest BCUT2D eigenvalue weighted by Gasteiger charge is -2.16. The predicted molar refractivity (Wildman–Crippen MR) is 79.7 cm³/mol. The molecule has 0 aliphatic carbocycles. The quantitative estimate of drug-likeness (QED) is 0.789. The van der Waals surface area contributed by atoms with Gasteiger partial charge in [-0.05, 0) is 24.6 Å². The van der Waals surface area contributed by atoms with E-state index in [1.54, 1.807) is 6.20 Å². The summed E-state index contributed by atoms with van der Waals surface area (Å²) in [6.45, 7) is 2.17. The Balaban J connectivity index is 2.04. The van der Waals surface area contributed by atoms with Crippen LogP contribution in [0.2, 0.25) is 0 Å². The molecule has 0 amide bonds. The number of nitrogens with zero attached hydrogens (tertiary/aromatic N) is 3. The van der Waals surface area contributed by atoms with Crippen molar-refractivity contribution in [3.63, 3.8) is 0 Å². The van der Waals surface area contributed by atoms with Gasteiger partial charge in [-0.1, -0.05) is 31.2 Å². The van der Waals surface area contributed by atoms with E-state index in [4.69, 9.17) is 0 Å². The highest BCUT2D eigenvalue weighted by atomic mass is 15.2. The molecule has 4 heteroatoms. The maximum Gasteiger partial charge on any atom is 0.0896 e. The SMILES string of the molecule is CCc1ccc(C(NC)c2cnn3ccncc23)cc1. The van der Waals surface area contributed by atoms with Gasteiger partial charge in [-0.25, -0.2) is 4.52 Å². The van der Waals surface area contributed by atoms with Crippen LogP contribution in [0.25, 0.3) is 5.52 Å². The molecule has 1 atom stereocenters. The first-order valence-corrected chi connectivity index (χ1v) is 6.87. The largest absolute Gasteiger partial charge is 0.309 e. The molecule has 0 bridgehead atoms. The lowest BCUT2D eigenvalue weighted by Crippen LogP contribution is -2.17. The summed E-state index contributed by atoms with van der Waals surface area (Å²) >= 11 is 0. The van der Waals surface area contributed by atoms with Gasteiger partial charge in [0.25, 0.3) is 0 Å². The van der Waals surface area contributed by atoms with Crippen molar-refractivity contribution in [3.8, 4) is 0 Å². The van der Waals surface area contributed by atoms with Gasteiger partial charge in [0.1, 0.15) is 0 Å². The summed E-state index contributed by atoms with van der Waals surface area (Å²) in [5.41, 5.74) is 4.77. The van der Waals surface area contributed by atoms with Gasteiger partial charge in [0.05, 0.1) is 24.0 Å². The highest BCUT2D eigenvalue weighted by molar-refractivity contribution is 5.55. The van der Waals surface area contributed by atoms with Crippen LogP contribution in [0.5, 0.6) is 0 Å². The Labute approximate surface area is 118 Å². The van der Waals surface area contributed by atoms with E-state index >= 15 is 0 Å². The van der Waals surface area contributed by atoms with Crippen LogP contribution in [-0.4, -0.2) is 21.6 Å². The van der Waals surface area contributed by atoms with E-state index in [9.17, 15) is 0 Å². The Morgan fingerprint density at radius 1 is 1.20 bits per heavy atom. The average Bonchev–Trinajstić information content (AvgIpc) is 2.93. The summed E-state index contributed by atoms with van der Waals surface area (Å²) in [6, 6.07) is 8.86. The van der Waals surface area contributed by atoms with Crippen LogP contribution < -0.4 is 5.32 Å². The van der Waals surface area contributed by atoms with Crippen molar-refractivity contribution < 1.29 is 0 Å². The smallest absolute Gasteiger partial charge is 0.0896 e. The van der Waals surface area contributed by atoms with Gasteiger partial charge in [0.2, 0.25) is 0 Å². The number of fused-ring (bicyclic) bond motifs is 1. The molecule has 0 aliphatic rings. The number of aryl methyl sites for hydroxylation is 1. The molecule has 3 aromatic rings. The summed E-state index contributed by atoms with van der Waals surface area (Å²) in [6.07, 6.45) is 8.43. The maximum atomic E-state index is 4.38. The molecular weight excluding hydrogens is 248 g/mol. The Morgan fingerprint density at radius 3 is 2.70 bits per heavy atom. The number of nitrogens with one attached hydrogen (secondary N) is 1. The number of aromatic nitrogens is 3. The molecule has 0 saturated heterocycles. The number of hydrogen-bond acceptors (Lipinski definition) is 3. The van der Waals surface area contributed by atoms with Crippen molar-refractivity contribution >= 4 is 5.52 Å². The van der Waals surface area contributed by atoms with E-state index in [-0.39, 0.29) is 6.04 Å². The van der Waals surface area contributed by atoms with Crippen LogP contribution in [0.15, 0.2) is 49.1 Å². The molecule has 3 rings (SSSR count). The Hall–Kier alpha value is -2.20. The second-order valence-electron chi connectivity index (χ2n) is 4.82. The van der Waals surface area contributed by atoms with Crippen LogP contribution in [-0.2, 0) is 6.42 Å². The van der Waals surface area contributed by atoms with E-state index in [0.717, 1.165) is 17.5 Å². The zero-order valence-corrected chi connectivity index (χ0v) is 11.7. The number of benzene rings is 1. The Morgan fingerprint density at radius 2 is 2.00 bits per heavy atom. The predicted octanol–water partition coefficient (Wildman–Crippen LogP) is 2.60. The lowest BCUT2D eigenvalue weighted by molar-refractivity contribution is 0.696. The summed E-state index contributed by atoms with van der Waals surface area (Å²) in [7, 11) is 1.97. The standard InChI is InChI=1S/C16H18N4/c1-3-12-4-6-13(7-5-12)16(17-2)14-10-19-20-9-8-18-11-15(14)20/h4-11,16-17H,3H2,1-2H3. The molecule has 102 valence electrons. The van der Waals surface area contributed by atoms with Crippen molar-refractivity contribution in [2.24, 2.45) is 0 Å². The first-order chi connectivity index (χ1) is 9.83. The second kappa shape index (κ2) is 5.43. The zero-order chi connectivity index (χ0) is 13.9. The van der Waals surface area contributed by atoms with Crippen molar-refractivity contribution in [2.75, 3.05) is 7.05 Å². The van der Waals surface area contributed by atoms with Crippen molar-refractivity contribution in [1.82, 2.24) is 19.9 Å². The summed E-state index contributed by atoms with van der Waals surface area (Å²) in [4.78, 5) is 4.19.